The van der Waals surface area contributed by atoms with Gasteiger partial charge < -0.3 is 4.98 Å². The maximum absolute atomic E-state index is 3.37. The van der Waals surface area contributed by atoms with Gasteiger partial charge in [-0.15, -0.1) is 0 Å². The zero-order valence-electron chi connectivity index (χ0n) is 19.7. The third-order valence-electron chi connectivity index (χ3n) is 6.40. The smallest absolute Gasteiger partial charge is 0.0625 e. The molecule has 0 aliphatic carbocycles. The molecule has 0 saturated carbocycles. The van der Waals surface area contributed by atoms with Crippen molar-refractivity contribution in [2.24, 2.45) is 0 Å². The molecule has 0 radical (unpaired) electrons. The Hall–Kier alpha value is -4.72. The minimum absolute atomic E-state index is 0.973. The van der Waals surface area contributed by atoms with E-state index in [9.17, 15) is 0 Å². The molecule has 0 aliphatic heterocycles. The highest BCUT2D eigenvalue weighted by Gasteiger charge is 2.05. The standard InChI is InChI=1S/C34H23N/c1-23-3-9-31-21-25(7-13-29(31)19-23)5-11-27-15-16-28(34-33(27)17-18-35-34)12-6-26-8-14-30-20-24(2)4-10-32(30)22-26/h3-4,7-10,13-22,35H,1-2H3. The second kappa shape index (κ2) is 8.57. The van der Waals surface area contributed by atoms with Crippen LogP contribution in [-0.4, -0.2) is 4.98 Å². The monoisotopic (exact) mass is 445 g/mol. The van der Waals surface area contributed by atoms with Crippen LogP contribution < -0.4 is 0 Å². The lowest BCUT2D eigenvalue weighted by Gasteiger charge is -2.01. The van der Waals surface area contributed by atoms with E-state index < -0.39 is 0 Å². The highest BCUT2D eigenvalue weighted by atomic mass is 14.7. The van der Waals surface area contributed by atoms with E-state index in [1.807, 2.05) is 6.20 Å². The normalized spacial score (nSPS) is 10.7. The van der Waals surface area contributed by atoms with Crippen molar-refractivity contribution in [3.8, 4) is 23.7 Å². The average molecular weight is 446 g/mol. The average Bonchev–Trinajstić information content (AvgIpc) is 3.37. The van der Waals surface area contributed by atoms with E-state index in [2.05, 4.69) is 134 Å². The summed E-state index contributed by atoms with van der Waals surface area (Å²) < 4.78 is 0. The number of aromatic nitrogens is 1. The number of aryl methyl sites for hydroxylation is 2. The second-order valence-corrected chi connectivity index (χ2v) is 9.06. The zero-order valence-corrected chi connectivity index (χ0v) is 19.7. The van der Waals surface area contributed by atoms with Crippen LogP contribution >= 0.6 is 0 Å². The molecule has 0 atom stereocenters. The SMILES string of the molecule is Cc1ccc2cc(C#Cc3ccc(C#Cc4ccc5cc(C)ccc5c4)c4[nH]ccc34)ccc2c1. The third-order valence-corrected chi connectivity index (χ3v) is 6.40. The van der Waals surface area contributed by atoms with Crippen LogP contribution in [0.3, 0.4) is 0 Å². The van der Waals surface area contributed by atoms with Gasteiger partial charge in [-0.2, -0.15) is 0 Å². The Bertz CT molecular complexity index is 1740. The van der Waals surface area contributed by atoms with Crippen molar-refractivity contribution in [3.05, 3.63) is 131 Å². The van der Waals surface area contributed by atoms with Crippen LogP contribution in [0.1, 0.15) is 33.4 Å². The molecule has 6 rings (SSSR count). The molecule has 0 aliphatic rings. The van der Waals surface area contributed by atoms with Crippen LogP contribution in [0.5, 0.6) is 0 Å². The van der Waals surface area contributed by atoms with Crippen molar-refractivity contribution in [2.75, 3.05) is 0 Å². The molecular formula is C34H23N. The summed E-state index contributed by atoms with van der Waals surface area (Å²) in [7, 11) is 0. The molecule has 1 aromatic heterocycles. The van der Waals surface area contributed by atoms with Crippen LogP contribution in [0.25, 0.3) is 32.4 Å². The van der Waals surface area contributed by atoms with Crippen LogP contribution in [0.2, 0.25) is 0 Å². The molecule has 6 aromatic rings. The van der Waals surface area contributed by atoms with Gasteiger partial charge in [-0.3, -0.25) is 0 Å². The maximum Gasteiger partial charge on any atom is 0.0625 e. The topological polar surface area (TPSA) is 15.8 Å². The van der Waals surface area contributed by atoms with E-state index in [1.54, 1.807) is 0 Å². The molecule has 0 saturated heterocycles. The van der Waals surface area contributed by atoms with Crippen molar-refractivity contribution in [3.63, 3.8) is 0 Å². The summed E-state index contributed by atoms with van der Waals surface area (Å²) in [5, 5.41) is 6.00. The molecule has 1 N–H and O–H groups in total. The molecule has 0 spiro atoms. The molecule has 1 heteroatoms. The van der Waals surface area contributed by atoms with Gasteiger partial charge in [-0.25, -0.2) is 0 Å². The summed E-state index contributed by atoms with van der Waals surface area (Å²) in [4.78, 5) is 3.36. The van der Waals surface area contributed by atoms with Gasteiger partial charge in [-0.1, -0.05) is 83.3 Å². The van der Waals surface area contributed by atoms with E-state index in [4.69, 9.17) is 0 Å². The first-order valence-electron chi connectivity index (χ1n) is 11.8. The Balaban J connectivity index is 1.33. The highest BCUT2D eigenvalue weighted by molar-refractivity contribution is 5.91. The minimum atomic E-state index is 0.973. The predicted molar refractivity (Wildman–Crippen MR) is 148 cm³/mol. The van der Waals surface area contributed by atoms with Gasteiger partial charge in [0.15, 0.2) is 0 Å². The zero-order chi connectivity index (χ0) is 23.8. The van der Waals surface area contributed by atoms with Crippen molar-refractivity contribution >= 4 is 32.4 Å². The minimum Gasteiger partial charge on any atom is -0.360 e. The number of aromatic amines is 1. The van der Waals surface area contributed by atoms with E-state index >= 15 is 0 Å². The molecule has 5 aromatic carbocycles. The molecule has 0 unspecified atom stereocenters. The molecule has 0 amide bonds. The van der Waals surface area contributed by atoms with Crippen molar-refractivity contribution in [1.29, 1.82) is 0 Å². The van der Waals surface area contributed by atoms with E-state index in [0.717, 1.165) is 33.2 Å². The summed E-state index contributed by atoms with van der Waals surface area (Å²) in [6.45, 7) is 4.23. The maximum atomic E-state index is 3.37. The second-order valence-electron chi connectivity index (χ2n) is 9.06. The van der Waals surface area contributed by atoms with E-state index in [-0.39, 0.29) is 0 Å². The number of fused-ring (bicyclic) bond motifs is 3. The van der Waals surface area contributed by atoms with Crippen LogP contribution in [0, 0.1) is 37.5 Å². The third kappa shape index (κ3) is 4.17. The van der Waals surface area contributed by atoms with Crippen molar-refractivity contribution < 1.29 is 0 Å². The van der Waals surface area contributed by atoms with Crippen molar-refractivity contribution in [2.45, 2.75) is 13.8 Å². The van der Waals surface area contributed by atoms with Gasteiger partial charge in [0.2, 0.25) is 0 Å². The molecule has 164 valence electrons. The van der Waals surface area contributed by atoms with Gasteiger partial charge in [0.1, 0.15) is 0 Å². The Morgan fingerprint density at radius 3 is 1.63 bits per heavy atom. The molecule has 1 heterocycles. The van der Waals surface area contributed by atoms with Crippen LogP contribution in [0.15, 0.2) is 97.2 Å². The molecule has 0 fully saturated rings. The molecule has 35 heavy (non-hydrogen) atoms. The van der Waals surface area contributed by atoms with Gasteiger partial charge in [-0.05, 0) is 77.9 Å². The summed E-state index contributed by atoms with van der Waals surface area (Å²) in [5.74, 6) is 13.4. The van der Waals surface area contributed by atoms with Gasteiger partial charge in [0.05, 0.1) is 5.52 Å². The lowest BCUT2D eigenvalue weighted by molar-refractivity contribution is 1.46. The van der Waals surface area contributed by atoms with Crippen molar-refractivity contribution in [1.82, 2.24) is 4.98 Å². The molecule has 0 bridgehead atoms. The predicted octanol–water partition coefficient (Wildman–Crippen LogP) is 7.89. The summed E-state index contributed by atoms with van der Waals surface area (Å²) in [5.41, 5.74) is 7.55. The number of hydrogen-bond donors (Lipinski definition) is 1. The fraction of sp³-hybridized carbons (Fsp3) is 0.0588. The van der Waals surface area contributed by atoms with Gasteiger partial charge >= 0.3 is 0 Å². The number of benzene rings is 5. The fourth-order valence-corrected chi connectivity index (χ4v) is 4.53. The van der Waals surface area contributed by atoms with Gasteiger partial charge in [0.25, 0.3) is 0 Å². The van der Waals surface area contributed by atoms with Crippen LogP contribution in [0.4, 0.5) is 0 Å². The lowest BCUT2D eigenvalue weighted by Crippen LogP contribution is -1.84. The Morgan fingerprint density at radius 1 is 0.486 bits per heavy atom. The summed E-state index contributed by atoms with van der Waals surface area (Å²) >= 11 is 0. The first kappa shape index (κ1) is 20.9. The lowest BCUT2D eigenvalue weighted by atomic mass is 10.0. The van der Waals surface area contributed by atoms with E-state index in [0.29, 0.717) is 0 Å². The first-order valence-corrected chi connectivity index (χ1v) is 11.8. The summed E-state index contributed by atoms with van der Waals surface area (Å²) in [6.07, 6.45) is 1.96. The number of hydrogen-bond acceptors (Lipinski definition) is 0. The largest absolute Gasteiger partial charge is 0.360 e. The van der Waals surface area contributed by atoms with Gasteiger partial charge in [0, 0.05) is 33.8 Å². The quantitative estimate of drug-likeness (QED) is 0.229. The summed E-state index contributed by atoms with van der Waals surface area (Å²) in [6, 6.07) is 32.0. The molecular weight excluding hydrogens is 422 g/mol. The molecule has 1 nitrogen and oxygen atoms in total. The number of H-pyrrole nitrogens is 1. The Kier molecular flexibility index (Phi) is 5.11. The fourth-order valence-electron chi connectivity index (χ4n) is 4.53. The number of rotatable bonds is 0. The number of nitrogens with one attached hydrogen (secondary N) is 1. The van der Waals surface area contributed by atoms with Crippen LogP contribution in [-0.2, 0) is 0 Å². The Labute approximate surface area is 205 Å². The van der Waals surface area contributed by atoms with E-state index in [1.165, 1.54) is 32.7 Å². The highest BCUT2D eigenvalue weighted by Crippen LogP contribution is 2.22. The Morgan fingerprint density at radius 2 is 1.00 bits per heavy atom. The first-order chi connectivity index (χ1) is 17.1.